The van der Waals surface area contributed by atoms with Crippen molar-refractivity contribution in [1.82, 2.24) is 10.3 Å². The van der Waals surface area contributed by atoms with E-state index < -0.39 is 0 Å². The molecule has 1 heterocycles. The Morgan fingerprint density at radius 2 is 2.12 bits per heavy atom. The van der Waals surface area contributed by atoms with Gasteiger partial charge in [-0.1, -0.05) is 20.8 Å². The van der Waals surface area contributed by atoms with Crippen molar-refractivity contribution in [1.29, 1.82) is 0 Å². The van der Waals surface area contributed by atoms with Crippen molar-refractivity contribution in [3.05, 3.63) is 23.9 Å². The van der Waals surface area contributed by atoms with Crippen molar-refractivity contribution in [2.24, 2.45) is 5.41 Å². The molecule has 0 fully saturated rings. The number of aromatic nitrogens is 1. The third kappa shape index (κ3) is 4.43. The van der Waals surface area contributed by atoms with E-state index in [-0.39, 0.29) is 11.3 Å². The van der Waals surface area contributed by atoms with Crippen molar-refractivity contribution in [2.75, 3.05) is 18.4 Å². The third-order valence-corrected chi connectivity index (χ3v) is 2.18. The normalized spacial score (nSPS) is 11.1. The van der Waals surface area contributed by atoms with Crippen LogP contribution in [-0.2, 0) is 0 Å². The summed E-state index contributed by atoms with van der Waals surface area (Å²) in [6.07, 6.45) is 1.68. The third-order valence-electron chi connectivity index (χ3n) is 2.18. The molecule has 94 valence electrons. The number of carbonyl (C=O) groups is 1. The van der Waals surface area contributed by atoms with Gasteiger partial charge >= 0.3 is 0 Å². The maximum atomic E-state index is 12.0. The number of pyridine rings is 1. The number of amides is 1. The summed E-state index contributed by atoms with van der Waals surface area (Å²) in [5.41, 5.74) is 0.676. The molecule has 0 aliphatic carbocycles. The van der Waals surface area contributed by atoms with Gasteiger partial charge in [0.05, 0.1) is 5.56 Å². The van der Waals surface area contributed by atoms with Gasteiger partial charge in [-0.15, -0.1) is 0 Å². The highest BCUT2D eigenvalue weighted by Crippen LogP contribution is 2.13. The Morgan fingerprint density at radius 3 is 2.71 bits per heavy atom. The predicted molar refractivity (Wildman–Crippen MR) is 70.2 cm³/mol. The Labute approximate surface area is 103 Å². The van der Waals surface area contributed by atoms with Gasteiger partial charge in [0.1, 0.15) is 5.82 Å². The minimum atomic E-state index is -0.0797. The first-order valence-electron chi connectivity index (χ1n) is 5.91. The van der Waals surface area contributed by atoms with Crippen LogP contribution in [0.5, 0.6) is 0 Å². The van der Waals surface area contributed by atoms with Crippen molar-refractivity contribution in [2.45, 2.75) is 27.7 Å². The zero-order valence-corrected chi connectivity index (χ0v) is 11.0. The van der Waals surface area contributed by atoms with E-state index in [0.29, 0.717) is 17.9 Å². The summed E-state index contributed by atoms with van der Waals surface area (Å²) in [6.45, 7) is 9.62. The zero-order chi connectivity index (χ0) is 12.9. The highest BCUT2D eigenvalue weighted by Gasteiger charge is 2.15. The summed E-state index contributed by atoms with van der Waals surface area (Å²) in [6, 6.07) is 3.55. The van der Waals surface area contributed by atoms with Crippen LogP contribution in [0.2, 0.25) is 0 Å². The molecule has 0 aliphatic heterocycles. The van der Waals surface area contributed by atoms with Crippen LogP contribution in [0.25, 0.3) is 0 Å². The Kier molecular flexibility index (Phi) is 4.49. The van der Waals surface area contributed by atoms with Crippen molar-refractivity contribution < 1.29 is 4.79 Å². The van der Waals surface area contributed by atoms with Gasteiger partial charge in [0.2, 0.25) is 0 Å². The molecular weight excluding hydrogens is 214 g/mol. The smallest absolute Gasteiger partial charge is 0.255 e. The molecule has 0 aromatic carbocycles. The van der Waals surface area contributed by atoms with Crippen LogP contribution < -0.4 is 10.6 Å². The van der Waals surface area contributed by atoms with Crippen molar-refractivity contribution >= 4 is 11.7 Å². The van der Waals surface area contributed by atoms with E-state index >= 15 is 0 Å². The quantitative estimate of drug-likeness (QED) is 0.842. The summed E-state index contributed by atoms with van der Waals surface area (Å²) >= 11 is 0. The molecule has 1 aromatic rings. The van der Waals surface area contributed by atoms with E-state index in [9.17, 15) is 4.79 Å². The predicted octanol–water partition coefficient (Wildman–Crippen LogP) is 2.29. The lowest BCUT2D eigenvalue weighted by atomic mass is 9.97. The summed E-state index contributed by atoms with van der Waals surface area (Å²) in [7, 11) is 0. The Bertz CT molecular complexity index is 382. The molecule has 0 atom stereocenters. The first-order chi connectivity index (χ1) is 7.94. The summed E-state index contributed by atoms with van der Waals surface area (Å²) in [5.74, 6) is 0.561. The topological polar surface area (TPSA) is 54.0 Å². The van der Waals surface area contributed by atoms with Gasteiger partial charge in [0.25, 0.3) is 5.91 Å². The molecular formula is C13H21N3O. The number of nitrogens with one attached hydrogen (secondary N) is 2. The second-order valence-electron chi connectivity index (χ2n) is 5.17. The molecule has 0 spiro atoms. The lowest BCUT2D eigenvalue weighted by Crippen LogP contribution is -2.32. The number of hydrogen-bond acceptors (Lipinski definition) is 3. The highest BCUT2D eigenvalue weighted by molar-refractivity contribution is 5.98. The van der Waals surface area contributed by atoms with Gasteiger partial charge in [0.15, 0.2) is 0 Å². The van der Waals surface area contributed by atoms with Gasteiger partial charge in [0, 0.05) is 19.3 Å². The molecule has 1 aromatic heterocycles. The first-order valence-corrected chi connectivity index (χ1v) is 5.91. The largest absolute Gasteiger partial charge is 0.370 e. The zero-order valence-electron chi connectivity index (χ0n) is 11.0. The van der Waals surface area contributed by atoms with E-state index in [1.807, 2.05) is 6.92 Å². The van der Waals surface area contributed by atoms with Gasteiger partial charge in [-0.25, -0.2) is 4.98 Å². The van der Waals surface area contributed by atoms with Crippen LogP contribution in [0.3, 0.4) is 0 Å². The van der Waals surface area contributed by atoms with Gasteiger partial charge in [-0.05, 0) is 24.5 Å². The maximum absolute atomic E-state index is 12.0. The maximum Gasteiger partial charge on any atom is 0.255 e. The fourth-order valence-corrected chi connectivity index (χ4v) is 1.34. The molecule has 0 saturated carbocycles. The number of rotatable bonds is 4. The minimum Gasteiger partial charge on any atom is -0.370 e. The second kappa shape index (κ2) is 5.66. The molecule has 0 radical (unpaired) electrons. The van der Waals surface area contributed by atoms with Crippen LogP contribution in [0.15, 0.2) is 18.3 Å². The molecule has 4 heteroatoms. The molecule has 0 unspecified atom stereocenters. The molecule has 1 rings (SSSR count). The van der Waals surface area contributed by atoms with E-state index in [1.54, 1.807) is 18.3 Å². The van der Waals surface area contributed by atoms with Gasteiger partial charge < -0.3 is 10.6 Å². The number of hydrogen-bond donors (Lipinski definition) is 2. The number of nitrogens with zero attached hydrogens (tertiary/aromatic N) is 1. The van der Waals surface area contributed by atoms with Crippen LogP contribution in [-0.4, -0.2) is 24.0 Å². The van der Waals surface area contributed by atoms with Crippen LogP contribution in [0.1, 0.15) is 38.1 Å². The standard InChI is InChI=1S/C13H21N3O/c1-5-14-11-10(7-6-8-15-11)12(17)16-9-13(2,3)4/h6-8H,5,9H2,1-4H3,(H,14,15)(H,16,17). The van der Waals surface area contributed by atoms with E-state index in [0.717, 1.165) is 6.54 Å². The van der Waals surface area contributed by atoms with E-state index in [1.165, 1.54) is 0 Å². The SMILES string of the molecule is CCNc1ncccc1C(=O)NCC(C)(C)C. The molecule has 2 N–H and O–H groups in total. The Balaban J connectivity index is 2.74. The van der Waals surface area contributed by atoms with Gasteiger partial charge in [-0.3, -0.25) is 4.79 Å². The molecule has 0 bridgehead atoms. The highest BCUT2D eigenvalue weighted by atomic mass is 16.1. The Morgan fingerprint density at radius 1 is 1.41 bits per heavy atom. The fourth-order valence-electron chi connectivity index (χ4n) is 1.34. The van der Waals surface area contributed by atoms with Crippen molar-refractivity contribution in [3.63, 3.8) is 0 Å². The average Bonchev–Trinajstić information content (AvgIpc) is 2.26. The number of anilines is 1. The van der Waals surface area contributed by atoms with E-state index in [2.05, 4.69) is 36.4 Å². The summed E-state index contributed by atoms with van der Waals surface area (Å²) < 4.78 is 0. The molecule has 1 amide bonds. The summed E-state index contributed by atoms with van der Waals surface area (Å²) in [5, 5.41) is 6.00. The first kappa shape index (κ1) is 13.5. The lowest BCUT2D eigenvalue weighted by molar-refractivity contribution is 0.0940. The lowest BCUT2D eigenvalue weighted by Gasteiger charge is -2.19. The van der Waals surface area contributed by atoms with Crippen LogP contribution in [0.4, 0.5) is 5.82 Å². The van der Waals surface area contributed by atoms with Crippen LogP contribution in [0, 0.1) is 5.41 Å². The monoisotopic (exact) mass is 235 g/mol. The fraction of sp³-hybridized carbons (Fsp3) is 0.538. The average molecular weight is 235 g/mol. The van der Waals surface area contributed by atoms with E-state index in [4.69, 9.17) is 0 Å². The van der Waals surface area contributed by atoms with Gasteiger partial charge in [-0.2, -0.15) is 0 Å². The summed E-state index contributed by atoms with van der Waals surface area (Å²) in [4.78, 5) is 16.2. The minimum absolute atomic E-state index is 0.0796. The molecule has 0 aliphatic rings. The van der Waals surface area contributed by atoms with Crippen LogP contribution >= 0.6 is 0 Å². The Hall–Kier alpha value is -1.58. The molecule has 0 saturated heterocycles. The molecule has 17 heavy (non-hydrogen) atoms. The molecule has 4 nitrogen and oxygen atoms in total. The second-order valence-corrected chi connectivity index (χ2v) is 5.17. The number of carbonyl (C=O) groups excluding carboxylic acids is 1. The van der Waals surface area contributed by atoms with Crippen molar-refractivity contribution in [3.8, 4) is 0 Å².